The van der Waals surface area contributed by atoms with E-state index in [0.717, 1.165) is 21.2 Å². The number of sulfonamides is 1. The van der Waals surface area contributed by atoms with Crippen molar-refractivity contribution in [1.29, 1.82) is 0 Å². The first-order valence-corrected chi connectivity index (χ1v) is 9.70. The van der Waals surface area contributed by atoms with Crippen molar-refractivity contribution in [3.8, 4) is 5.75 Å². The van der Waals surface area contributed by atoms with Crippen LogP contribution in [0.4, 0.5) is 0 Å². The summed E-state index contributed by atoms with van der Waals surface area (Å²) in [5, 5.41) is 2.75. The van der Waals surface area contributed by atoms with Gasteiger partial charge in [0.2, 0.25) is 15.9 Å². The largest absolute Gasteiger partial charge is 0.496 e. The smallest absolute Gasteiger partial charge is 0.243 e. The molecule has 0 spiro atoms. The van der Waals surface area contributed by atoms with E-state index in [1.165, 1.54) is 7.05 Å². The minimum absolute atomic E-state index is 0.174. The van der Waals surface area contributed by atoms with Crippen LogP contribution < -0.4 is 10.1 Å². The zero-order valence-electron chi connectivity index (χ0n) is 15.2. The number of likely N-dealkylation sites (N-methyl/N-ethyl adjacent to an activating group) is 1. The highest BCUT2D eigenvalue weighted by Gasteiger charge is 2.22. The summed E-state index contributed by atoms with van der Waals surface area (Å²) in [7, 11) is -0.689. The molecule has 0 aliphatic carbocycles. The van der Waals surface area contributed by atoms with Crippen molar-refractivity contribution in [2.75, 3.05) is 27.2 Å². The van der Waals surface area contributed by atoms with Crippen molar-refractivity contribution in [3.05, 3.63) is 59.7 Å². The maximum absolute atomic E-state index is 12.5. The number of aryl methyl sites for hydroxylation is 1. The van der Waals surface area contributed by atoms with E-state index >= 15 is 0 Å². The maximum Gasteiger partial charge on any atom is 0.243 e. The van der Waals surface area contributed by atoms with E-state index in [4.69, 9.17) is 4.74 Å². The van der Waals surface area contributed by atoms with Crippen LogP contribution in [-0.2, 0) is 21.2 Å². The molecule has 0 aliphatic heterocycles. The van der Waals surface area contributed by atoms with Gasteiger partial charge in [-0.05, 0) is 37.1 Å². The molecule has 0 aromatic heterocycles. The van der Waals surface area contributed by atoms with Crippen molar-refractivity contribution in [3.63, 3.8) is 0 Å². The first-order chi connectivity index (χ1) is 12.3. The van der Waals surface area contributed by atoms with E-state index < -0.39 is 10.0 Å². The summed E-state index contributed by atoms with van der Waals surface area (Å²) >= 11 is 0. The normalized spacial score (nSPS) is 11.4. The number of benzene rings is 2. The fraction of sp³-hybridized carbons (Fsp3) is 0.316. The molecule has 2 rings (SSSR count). The quantitative estimate of drug-likeness (QED) is 0.764. The summed E-state index contributed by atoms with van der Waals surface area (Å²) in [5.74, 6) is 0.416. The number of carbonyl (C=O) groups excluding carboxylic acids is 1. The van der Waals surface area contributed by atoms with E-state index in [1.807, 2.05) is 31.2 Å². The van der Waals surface area contributed by atoms with Crippen LogP contribution >= 0.6 is 0 Å². The Bertz CT molecular complexity index is 848. The van der Waals surface area contributed by atoms with Crippen molar-refractivity contribution in [2.45, 2.75) is 18.2 Å². The fourth-order valence-corrected chi connectivity index (χ4v) is 3.61. The molecule has 0 saturated carbocycles. The number of hydrogen-bond acceptors (Lipinski definition) is 4. The predicted molar refractivity (Wildman–Crippen MR) is 101 cm³/mol. The van der Waals surface area contributed by atoms with E-state index in [2.05, 4.69) is 5.32 Å². The van der Waals surface area contributed by atoms with Crippen LogP contribution in [-0.4, -0.2) is 45.9 Å². The Morgan fingerprint density at radius 2 is 1.77 bits per heavy atom. The lowest BCUT2D eigenvalue weighted by atomic mass is 10.1. The Hall–Kier alpha value is -2.38. The minimum atomic E-state index is -3.69. The third-order valence-corrected chi connectivity index (χ3v) is 5.82. The number of nitrogens with one attached hydrogen (secondary N) is 1. The minimum Gasteiger partial charge on any atom is -0.496 e. The van der Waals surface area contributed by atoms with Crippen molar-refractivity contribution < 1.29 is 17.9 Å². The molecule has 1 N–H and O–H groups in total. The predicted octanol–water partition coefficient (Wildman–Crippen LogP) is 1.98. The second kappa shape index (κ2) is 8.82. The van der Waals surface area contributed by atoms with Gasteiger partial charge in [0.05, 0.1) is 18.6 Å². The summed E-state index contributed by atoms with van der Waals surface area (Å²) in [4.78, 5) is 12.3. The number of nitrogens with zero attached hydrogens (tertiary/aromatic N) is 1. The summed E-state index contributed by atoms with van der Waals surface area (Å²) < 4.78 is 31.3. The average Bonchev–Trinajstić information content (AvgIpc) is 2.62. The maximum atomic E-state index is 12.5. The molecule has 2 aromatic rings. The number of amides is 1. The standard InChI is InChI=1S/C19H24N2O4S/c1-15-8-10-17(11-9-15)26(23,24)21(2)14-19(22)20-13-12-16-6-4-5-7-18(16)25-3/h4-11H,12-14H2,1-3H3,(H,20,22). The zero-order chi connectivity index (χ0) is 19.2. The van der Waals surface area contributed by atoms with Gasteiger partial charge in [-0.2, -0.15) is 4.31 Å². The van der Waals surface area contributed by atoms with E-state index in [0.29, 0.717) is 13.0 Å². The Morgan fingerprint density at radius 1 is 1.12 bits per heavy atom. The summed E-state index contributed by atoms with van der Waals surface area (Å²) in [5.41, 5.74) is 1.96. The van der Waals surface area contributed by atoms with Gasteiger partial charge in [-0.3, -0.25) is 4.79 Å². The first-order valence-electron chi connectivity index (χ1n) is 8.26. The lowest BCUT2D eigenvalue weighted by Crippen LogP contribution is -2.39. The van der Waals surface area contributed by atoms with Crippen LogP contribution in [0, 0.1) is 6.92 Å². The Balaban J connectivity index is 1.89. The van der Waals surface area contributed by atoms with Crippen LogP contribution in [0.2, 0.25) is 0 Å². The number of ether oxygens (including phenoxy) is 1. The molecule has 7 heteroatoms. The summed E-state index contributed by atoms with van der Waals surface area (Å²) in [6.45, 7) is 2.05. The van der Waals surface area contributed by atoms with Crippen LogP contribution in [0.3, 0.4) is 0 Å². The van der Waals surface area contributed by atoms with Gasteiger partial charge in [0, 0.05) is 13.6 Å². The molecule has 26 heavy (non-hydrogen) atoms. The number of hydrogen-bond donors (Lipinski definition) is 1. The molecular weight excluding hydrogens is 352 g/mol. The summed E-state index contributed by atoms with van der Waals surface area (Å²) in [6, 6.07) is 14.1. The summed E-state index contributed by atoms with van der Waals surface area (Å²) in [6.07, 6.45) is 0.601. The van der Waals surface area contributed by atoms with Crippen molar-refractivity contribution >= 4 is 15.9 Å². The number of rotatable bonds is 8. The topological polar surface area (TPSA) is 75.7 Å². The highest BCUT2D eigenvalue weighted by Crippen LogP contribution is 2.17. The second-order valence-electron chi connectivity index (χ2n) is 5.99. The lowest BCUT2D eigenvalue weighted by Gasteiger charge is -2.17. The zero-order valence-corrected chi connectivity index (χ0v) is 16.0. The van der Waals surface area contributed by atoms with E-state index in [9.17, 15) is 13.2 Å². The lowest BCUT2D eigenvalue weighted by molar-refractivity contribution is -0.121. The van der Waals surface area contributed by atoms with Crippen LogP contribution in [0.15, 0.2) is 53.4 Å². The second-order valence-corrected chi connectivity index (χ2v) is 8.03. The molecule has 140 valence electrons. The Morgan fingerprint density at radius 3 is 2.42 bits per heavy atom. The SMILES string of the molecule is COc1ccccc1CCNC(=O)CN(C)S(=O)(=O)c1ccc(C)cc1. The number of carbonyl (C=O) groups is 1. The molecule has 2 aromatic carbocycles. The Labute approximate surface area is 154 Å². The third kappa shape index (κ3) is 5.06. The molecule has 0 radical (unpaired) electrons. The van der Waals surface area contributed by atoms with Crippen LogP contribution in [0.5, 0.6) is 5.75 Å². The molecule has 0 unspecified atom stereocenters. The van der Waals surface area contributed by atoms with E-state index in [1.54, 1.807) is 31.4 Å². The first kappa shape index (κ1) is 19.9. The van der Waals surface area contributed by atoms with Gasteiger partial charge in [-0.1, -0.05) is 35.9 Å². The third-order valence-electron chi connectivity index (χ3n) is 4.00. The number of methoxy groups -OCH3 is 1. The molecule has 0 fully saturated rings. The molecule has 6 nitrogen and oxygen atoms in total. The van der Waals surface area contributed by atoms with Gasteiger partial charge in [0.25, 0.3) is 0 Å². The van der Waals surface area contributed by atoms with Gasteiger partial charge < -0.3 is 10.1 Å². The molecule has 1 amide bonds. The van der Waals surface area contributed by atoms with E-state index in [-0.39, 0.29) is 17.3 Å². The molecular formula is C19H24N2O4S. The average molecular weight is 376 g/mol. The van der Waals surface area contributed by atoms with Crippen molar-refractivity contribution in [1.82, 2.24) is 9.62 Å². The molecule has 0 heterocycles. The molecule has 0 bridgehead atoms. The molecule has 0 saturated heterocycles. The van der Waals surface area contributed by atoms with Crippen LogP contribution in [0.1, 0.15) is 11.1 Å². The molecule has 0 atom stereocenters. The van der Waals surface area contributed by atoms with Gasteiger partial charge in [0.1, 0.15) is 5.75 Å². The van der Waals surface area contributed by atoms with Crippen molar-refractivity contribution in [2.24, 2.45) is 0 Å². The van der Waals surface area contributed by atoms with Gasteiger partial charge in [0.15, 0.2) is 0 Å². The van der Waals surface area contributed by atoms with Gasteiger partial charge >= 0.3 is 0 Å². The Kier molecular flexibility index (Phi) is 6.76. The monoisotopic (exact) mass is 376 g/mol. The number of para-hydroxylation sites is 1. The highest BCUT2D eigenvalue weighted by atomic mass is 32.2. The van der Waals surface area contributed by atoms with Crippen LogP contribution in [0.25, 0.3) is 0 Å². The highest BCUT2D eigenvalue weighted by molar-refractivity contribution is 7.89. The molecule has 0 aliphatic rings. The van der Waals surface area contributed by atoms with Gasteiger partial charge in [-0.25, -0.2) is 8.42 Å². The van der Waals surface area contributed by atoms with Gasteiger partial charge in [-0.15, -0.1) is 0 Å². The fourth-order valence-electron chi connectivity index (χ4n) is 2.48.